The molecule has 1 aromatic heterocycles. The summed E-state index contributed by atoms with van der Waals surface area (Å²) >= 11 is 3.04. The minimum absolute atomic E-state index is 0.0241. The van der Waals surface area contributed by atoms with Crippen molar-refractivity contribution in [3.8, 4) is 22.9 Å². The predicted octanol–water partition coefficient (Wildman–Crippen LogP) is 1.51. The second kappa shape index (κ2) is 4.30. The van der Waals surface area contributed by atoms with Crippen LogP contribution in [0.3, 0.4) is 0 Å². The summed E-state index contributed by atoms with van der Waals surface area (Å²) < 4.78 is 18.6. The van der Waals surface area contributed by atoms with Crippen LogP contribution >= 0.6 is 15.9 Å². The zero-order valence-corrected chi connectivity index (χ0v) is 9.90. The molecule has 4 N–H and O–H groups in total. The number of phenols is 2. The lowest BCUT2D eigenvalue weighted by atomic mass is 10.1. The van der Waals surface area contributed by atoms with Crippen LogP contribution in [0.4, 0.5) is 4.39 Å². The Morgan fingerprint density at radius 1 is 1.47 bits per heavy atom. The maximum absolute atomic E-state index is 13.7. The van der Waals surface area contributed by atoms with E-state index in [4.69, 9.17) is 10.3 Å². The van der Waals surface area contributed by atoms with Gasteiger partial charge in [0.2, 0.25) is 11.7 Å². The molecule has 1 aromatic carbocycles. The van der Waals surface area contributed by atoms with Gasteiger partial charge in [-0.3, -0.25) is 0 Å². The van der Waals surface area contributed by atoms with Crippen LogP contribution in [0.5, 0.6) is 11.5 Å². The average Bonchev–Trinajstić information content (AvgIpc) is 2.74. The normalized spacial score (nSPS) is 10.8. The SMILES string of the molecule is NCc1nc(-c2c(Br)cc(O)c(O)c2F)no1. The predicted molar refractivity (Wildman–Crippen MR) is 58.6 cm³/mol. The molecule has 17 heavy (non-hydrogen) atoms. The van der Waals surface area contributed by atoms with Crippen molar-refractivity contribution in [1.29, 1.82) is 0 Å². The fraction of sp³-hybridized carbons (Fsp3) is 0.111. The van der Waals surface area contributed by atoms with Gasteiger partial charge in [-0.1, -0.05) is 5.16 Å². The monoisotopic (exact) mass is 303 g/mol. The molecule has 0 unspecified atom stereocenters. The highest BCUT2D eigenvalue weighted by molar-refractivity contribution is 9.10. The molecular formula is C9H7BrFN3O3. The topological polar surface area (TPSA) is 105 Å². The third-order valence-electron chi connectivity index (χ3n) is 2.04. The summed E-state index contributed by atoms with van der Waals surface area (Å²) in [6.07, 6.45) is 0. The van der Waals surface area contributed by atoms with Crippen LogP contribution in [0, 0.1) is 5.82 Å². The third-order valence-corrected chi connectivity index (χ3v) is 2.66. The van der Waals surface area contributed by atoms with Gasteiger partial charge in [-0.2, -0.15) is 4.98 Å². The van der Waals surface area contributed by atoms with Crippen molar-refractivity contribution in [2.75, 3.05) is 0 Å². The van der Waals surface area contributed by atoms with E-state index in [-0.39, 0.29) is 28.3 Å². The molecule has 0 aliphatic heterocycles. The molecule has 0 saturated carbocycles. The lowest BCUT2D eigenvalue weighted by molar-refractivity contribution is 0.375. The molecule has 0 bridgehead atoms. The number of rotatable bonds is 2. The molecule has 1 heterocycles. The maximum atomic E-state index is 13.7. The van der Waals surface area contributed by atoms with E-state index in [1.807, 2.05) is 0 Å². The highest BCUT2D eigenvalue weighted by atomic mass is 79.9. The summed E-state index contributed by atoms with van der Waals surface area (Å²) in [5.74, 6) is -2.42. The molecule has 0 atom stereocenters. The number of benzene rings is 1. The Balaban J connectivity index is 2.62. The molecule has 0 radical (unpaired) electrons. The Morgan fingerprint density at radius 3 is 2.76 bits per heavy atom. The van der Waals surface area contributed by atoms with Crippen LogP contribution in [-0.2, 0) is 6.54 Å². The lowest BCUT2D eigenvalue weighted by Crippen LogP contribution is -1.96. The Morgan fingerprint density at radius 2 is 2.18 bits per heavy atom. The summed E-state index contributed by atoms with van der Waals surface area (Å²) in [6, 6.07) is 1.13. The van der Waals surface area contributed by atoms with Crippen molar-refractivity contribution in [3.63, 3.8) is 0 Å². The van der Waals surface area contributed by atoms with Crippen molar-refractivity contribution in [1.82, 2.24) is 10.1 Å². The second-order valence-electron chi connectivity index (χ2n) is 3.13. The van der Waals surface area contributed by atoms with Gasteiger partial charge in [0.1, 0.15) is 0 Å². The van der Waals surface area contributed by atoms with Gasteiger partial charge in [0, 0.05) is 4.47 Å². The molecule has 0 aliphatic carbocycles. The van der Waals surface area contributed by atoms with E-state index in [9.17, 15) is 14.6 Å². The zero-order valence-electron chi connectivity index (χ0n) is 8.31. The minimum Gasteiger partial charge on any atom is -0.504 e. The average molecular weight is 304 g/mol. The standard InChI is InChI=1S/C9H7BrFN3O3/c10-3-1-4(15)8(16)7(11)6(3)9-13-5(2-12)17-14-9/h1,15-16H,2,12H2. The summed E-state index contributed by atoms with van der Waals surface area (Å²) in [4.78, 5) is 3.83. The number of aromatic nitrogens is 2. The van der Waals surface area contributed by atoms with Gasteiger partial charge in [0.25, 0.3) is 0 Å². The largest absolute Gasteiger partial charge is 0.504 e. The summed E-state index contributed by atoms with van der Waals surface area (Å²) in [5.41, 5.74) is 5.17. The lowest BCUT2D eigenvalue weighted by Gasteiger charge is -2.05. The van der Waals surface area contributed by atoms with E-state index in [2.05, 4.69) is 26.1 Å². The van der Waals surface area contributed by atoms with E-state index in [0.717, 1.165) is 6.07 Å². The van der Waals surface area contributed by atoms with Crippen LogP contribution in [0.25, 0.3) is 11.4 Å². The van der Waals surface area contributed by atoms with Gasteiger partial charge < -0.3 is 20.5 Å². The Kier molecular flexibility index (Phi) is 2.99. The smallest absolute Gasteiger partial charge is 0.240 e. The van der Waals surface area contributed by atoms with Crippen molar-refractivity contribution >= 4 is 15.9 Å². The number of aromatic hydroxyl groups is 2. The number of hydrogen-bond acceptors (Lipinski definition) is 6. The van der Waals surface area contributed by atoms with Crippen molar-refractivity contribution in [2.45, 2.75) is 6.54 Å². The molecule has 2 rings (SSSR count). The number of hydrogen-bond donors (Lipinski definition) is 3. The van der Waals surface area contributed by atoms with Gasteiger partial charge in [-0.05, 0) is 22.0 Å². The molecule has 8 heteroatoms. The first-order chi connectivity index (χ1) is 8.04. The van der Waals surface area contributed by atoms with E-state index in [0.29, 0.717) is 0 Å². The van der Waals surface area contributed by atoms with Crippen LogP contribution in [0.2, 0.25) is 0 Å². The molecule has 0 aliphatic rings. The van der Waals surface area contributed by atoms with Crippen LogP contribution in [0.1, 0.15) is 5.89 Å². The van der Waals surface area contributed by atoms with Crippen LogP contribution in [0.15, 0.2) is 15.1 Å². The zero-order chi connectivity index (χ0) is 12.6. The minimum atomic E-state index is -1.04. The second-order valence-corrected chi connectivity index (χ2v) is 3.99. The summed E-state index contributed by atoms with van der Waals surface area (Å²) in [7, 11) is 0. The first kappa shape index (κ1) is 11.8. The number of phenolic OH excluding ortho intramolecular Hbond substituents is 2. The first-order valence-electron chi connectivity index (χ1n) is 4.47. The molecule has 2 aromatic rings. The molecule has 0 spiro atoms. The number of nitrogens with two attached hydrogens (primary N) is 1. The number of halogens is 2. The van der Waals surface area contributed by atoms with Gasteiger partial charge in [-0.25, -0.2) is 4.39 Å². The molecule has 0 saturated heterocycles. The molecule has 0 amide bonds. The molecule has 6 nitrogen and oxygen atoms in total. The fourth-order valence-electron chi connectivity index (χ4n) is 1.24. The van der Waals surface area contributed by atoms with Gasteiger partial charge in [-0.15, -0.1) is 0 Å². The van der Waals surface area contributed by atoms with E-state index < -0.39 is 17.3 Å². The van der Waals surface area contributed by atoms with Crippen molar-refractivity contribution < 1.29 is 19.1 Å². The number of nitrogens with zero attached hydrogens (tertiary/aromatic N) is 2. The first-order valence-corrected chi connectivity index (χ1v) is 5.26. The van der Waals surface area contributed by atoms with Crippen LogP contribution in [-0.4, -0.2) is 20.4 Å². The molecular weight excluding hydrogens is 297 g/mol. The van der Waals surface area contributed by atoms with Crippen LogP contribution < -0.4 is 5.73 Å². The van der Waals surface area contributed by atoms with E-state index in [1.54, 1.807) is 0 Å². The Hall–Kier alpha value is -1.67. The Bertz CT molecular complexity index is 573. The third kappa shape index (κ3) is 1.96. The van der Waals surface area contributed by atoms with Gasteiger partial charge >= 0.3 is 0 Å². The maximum Gasteiger partial charge on any atom is 0.240 e. The molecule has 90 valence electrons. The fourth-order valence-corrected chi connectivity index (χ4v) is 1.81. The Labute approximate surface area is 103 Å². The van der Waals surface area contributed by atoms with Gasteiger partial charge in [0.05, 0.1) is 12.1 Å². The van der Waals surface area contributed by atoms with Gasteiger partial charge in [0.15, 0.2) is 17.3 Å². The van der Waals surface area contributed by atoms with E-state index >= 15 is 0 Å². The van der Waals surface area contributed by atoms with Crippen molar-refractivity contribution in [3.05, 3.63) is 22.2 Å². The quantitative estimate of drug-likeness (QED) is 0.726. The van der Waals surface area contributed by atoms with E-state index in [1.165, 1.54) is 0 Å². The molecule has 0 fully saturated rings. The highest BCUT2D eigenvalue weighted by Crippen LogP contribution is 2.39. The highest BCUT2D eigenvalue weighted by Gasteiger charge is 2.21. The van der Waals surface area contributed by atoms with Crippen molar-refractivity contribution in [2.24, 2.45) is 5.73 Å². The summed E-state index contributed by atoms with van der Waals surface area (Å²) in [6.45, 7) is 0.0241. The summed E-state index contributed by atoms with van der Waals surface area (Å²) in [5, 5.41) is 22.0.